The summed E-state index contributed by atoms with van der Waals surface area (Å²) in [6.45, 7) is 0. The van der Waals surface area contributed by atoms with E-state index in [4.69, 9.17) is 10.5 Å². The average molecular weight is 232 g/mol. The Labute approximate surface area is 96.0 Å². The summed E-state index contributed by atoms with van der Waals surface area (Å²) >= 11 is 0. The van der Waals surface area contributed by atoms with Crippen LogP contribution in [0.25, 0.3) is 0 Å². The highest BCUT2D eigenvalue weighted by molar-refractivity contribution is 5.46. The first-order valence-corrected chi connectivity index (χ1v) is 4.65. The first kappa shape index (κ1) is 10.8. The molecule has 17 heavy (non-hydrogen) atoms. The molecule has 7 nitrogen and oxygen atoms in total. The molecule has 0 unspecified atom stereocenters. The lowest BCUT2D eigenvalue weighted by atomic mass is 10.4. The summed E-state index contributed by atoms with van der Waals surface area (Å²) in [6, 6.07) is 5.69. The van der Waals surface area contributed by atoms with Gasteiger partial charge in [-0.25, -0.2) is 0 Å². The van der Waals surface area contributed by atoms with Gasteiger partial charge in [0.15, 0.2) is 0 Å². The van der Waals surface area contributed by atoms with Crippen molar-refractivity contribution < 1.29 is 9.66 Å². The van der Waals surface area contributed by atoms with Crippen molar-refractivity contribution in [2.24, 2.45) is 0 Å². The van der Waals surface area contributed by atoms with Gasteiger partial charge in [0.25, 0.3) is 5.69 Å². The van der Waals surface area contributed by atoms with Crippen LogP contribution in [0.4, 0.5) is 11.5 Å². The molecule has 86 valence electrons. The highest BCUT2D eigenvalue weighted by Crippen LogP contribution is 2.24. The molecule has 2 aromatic rings. The van der Waals surface area contributed by atoms with Crippen molar-refractivity contribution in [3.63, 3.8) is 0 Å². The summed E-state index contributed by atoms with van der Waals surface area (Å²) in [5.41, 5.74) is 5.27. The zero-order chi connectivity index (χ0) is 12.3. The lowest BCUT2D eigenvalue weighted by Crippen LogP contribution is -1.97. The minimum absolute atomic E-state index is 0.0260. The van der Waals surface area contributed by atoms with Crippen LogP contribution in [0.2, 0.25) is 0 Å². The second-order valence-corrected chi connectivity index (χ2v) is 3.14. The molecule has 0 bridgehead atoms. The molecule has 0 atom stereocenters. The maximum atomic E-state index is 10.6. The summed E-state index contributed by atoms with van der Waals surface area (Å²) < 4.78 is 5.29. The van der Waals surface area contributed by atoms with E-state index in [1.54, 1.807) is 18.3 Å². The predicted octanol–water partition coefficient (Wildman–Crippen LogP) is 1.76. The van der Waals surface area contributed by atoms with Crippen LogP contribution in [-0.4, -0.2) is 14.9 Å². The Balaban J connectivity index is 2.30. The van der Waals surface area contributed by atoms with Gasteiger partial charge in [-0.3, -0.25) is 15.1 Å². The smallest absolute Gasteiger partial charge is 0.278 e. The second-order valence-electron chi connectivity index (χ2n) is 3.14. The Morgan fingerprint density at radius 2 is 2.24 bits per heavy atom. The number of rotatable bonds is 3. The maximum Gasteiger partial charge on any atom is 0.278 e. The van der Waals surface area contributed by atoms with Crippen molar-refractivity contribution in [3.05, 3.63) is 46.8 Å². The molecule has 0 saturated heterocycles. The second kappa shape index (κ2) is 4.44. The molecule has 0 radical (unpaired) electrons. The fourth-order valence-corrected chi connectivity index (χ4v) is 1.20. The molecule has 0 aliphatic carbocycles. The molecule has 7 heteroatoms. The Hall–Kier alpha value is -2.70. The summed E-state index contributed by atoms with van der Waals surface area (Å²) in [7, 11) is 0. The van der Waals surface area contributed by atoms with Crippen molar-refractivity contribution in [2.45, 2.75) is 0 Å². The van der Waals surface area contributed by atoms with E-state index in [-0.39, 0.29) is 17.4 Å². The van der Waals surface area contributed by atoms with Crippen molar-refractivity contribution in [2.75, 3.05) is 5.73 Å². The first-order chi connectivity index (χ1) is 8.15. The molecule has 0 fully saturated rings. The number of nitrogens with two attached hydrogens (primary N) is 1. The molecule has 2 rings (SSSR count). The van der Waals surface area contributed by atoms with E-state index in [0.29, 0.717) is 5.75 Å². The van der Waals surface area contributed by atoms with Crippen molar-refractivity contribution in [1.82, 2.24) is 9.97 Å². The van der Waals surface area contributed by atoms with Gasteiger partial charge in [0.2, 0.25) is 5.88 Å². The largest absolute Gasteiger partial charge is 0.437 e. The van der Waals surface area contributed by atoms with Gasteiger partial charge in [0.1, 0.15) is 11.6 Å². The fourth-order valence-electron chi connectivity index (χ4n) is 1.20. The molecule has 0 amide bonds. The SMILES string of the molecule is Nc1cc([N+](=O)[O-])cc(Oc2cccnc2)n1. The number of anilines is 1. The number of hydrogen-bond donors (Lipinski definition) is 1. The van der Waals surface area contributed by atoms with Gasteiger partial charge >= 0.3 is 0 Å². The summed E-state index contributed by atoms with van der Waals surface area (Å²) in [5, 5.41) is 10.6. The van der Waals surface area contributed by atoms with Gasteiger partial charge in [-0.2, -0.15) is 4.98 Å². The number of nitrogens with zero attached hydrogens (tertiary/aromatic N) is 3. The molecular weight excluding hydrogens is 224 g/mol. The summed E-state index contributed by atoms with van der Waals surface area (Å²) in [6.07, 6.45) is 3.05. The summed E-state index contributed by atoms with van der Waals surface area (Å²) in [5.74, 6) is 0.516. The van der Waals surface area contributed by atoms with E-state index < -0.39 is 4.92 Å². The standard InChI is InChI=1S/C10H8N4O3/c11-9-4-7(14(15)16)5-10(13-9)17-8-2-1-3-12-6-8/h1-6H,(H2,11,13). The molecule has 2 aromatic heterocycles. The van der Waals surface area contributed by atoms with E-state index in [1.807, 2.05) is 0 Å². The zero-order valence-electron chi connectivity index (χ0n) is 8.61. The van der Waals surface area contributed by atoms with Crippen LogP contribution >= 0.6 is 0 Å². The number of ether oxygens (including phenoxy) is 1. The van der Waals surface area contributed by atoms with Crippen LogP contribution in [0.1, 0.15) is 0 Å². The van der Waals surface area contributed by atoms with Crippen molar-refractivity contribution in [1.29, 1.82) is 0 Å². The van der Waals surface area contributed by atoms with Crippen LogP contribution in [0.5, 0.6) is 11.6 Å². The minimum Gasteiger partial charge on any atom is -0.437 e. The van der Waals surface area contributed by atoms with Crippen LogP contribution in [-0.2, 0) is 0 Å². The predicted molar refractivity (Wildman–Crippen MR) is 59.6 cm³/mol. The zero-order valence-corrected chi connectivity index (χ0v) is 8.61. The number of pyridine rings is 2. The minimum atomic E-state index is -0.561. The monoisotopic (exact) mass is 232 g/mol. The van der Waals surface area contributed by atoms with Gasteiger partial charge < -0.3 is 10.5 Å². The highest BCUT2D eigenvalue weighted by Gasteiger charge is 2.11. The number of hydrogen-bond acceptors (Lipinski definition) is 6. The Bertz CT molecular complexity index is 545. The normalized spacial score (nSPS) is 9.88. The Morgan fingerprint density at radius 1 is 1.41 bits per heavy atom. The topological polar surface area (TPSA) is 104 Å². The van der Waals surface area contributed by atoms with E-state index >= 15 is 0 Å². The van der Waals surface area contributed by atoms with E-state index in [2.05, 4.69) is 9.97 Å². The number of aromatic nitrogens is 2. The molecular formula is C10H8N4O3. The van der Waals surface area contributed by atoms with E-state index in [0.717, 1.165) is 6.07 Å². The molecule has 0 saturated carbocycles. The van der Waals surface area contributed by atoms with Crippen LogP contribution in [0, 0.1) is 10.1 Å². The first-order valence-electron chi connectivity index (χ1n) is 4.65. The van der Waals surface area contributed by atoms with Gasteiger partial charge in [-0.05, 0) is 12.1 Å². The number of nitrogen functional groups attached to an aromatic ring is 1. The highest BCUT2D eigenvalue weighted by atomic mass is 16.6. The Kier molecular flexibility index (Phi) is 2.82. The van der Waals surface area contributed by atoms with Gasteiger partial charge in [0, 0.05) is 6.20 Å². The summed E-state index contributed by atoms with van der Waals surface area (Å²) in [4.78, 5) is 17.7. The van der Waals surface area contributed by atoms with Crippen molar-refractivity contribution in [3.8, 4) is 11.6 Å². The third-order valence-corrected chi connectivity index (χ3v) is 1.87. The molecule has 2 heterocycles. The molecule has 0 spiro atoms. The maximum absolute atomic E-state index is 10.6. The third-order valence-electron chi connectivity index (χ3n) is 1.87. The Morgan fingerprint density at radius 3 is 2.88 bits per heavy atom. The lowest BCUT2D eigenvalue weighted by Gasteiger charge is -2.04. The van der Waals surface area contributed by atoms with Crippen LogP contribution in [0.15, 0.2) is 36.7 Å². The van der Waals surface area contributed by atoms with E-state index in [9.17, 15) is 10.1 Å². The quantitative estimate of drug-likeness (QED) is 0.638. The molecule has 0 aliphatic rings. The molecule has 0 aliphatic heterocycles. The van der Waals surface area contributed by atoms with Crippen molar-refractivity contribution >= 4 is 11.5 Å². The van der Waals surface area contributed by atoms with Gasteiger partial charge in [-0.1, -0.05) is 0 Å². The van der Waals surface area contributed by atoms with Gasteiger partial charge in [-0.15, -0.1) is 0 Å². The van der Waals surface area contributed by atoms with Crippen LogP contribution in [0.3, 0.4) is 0 Å². The lowest BCUT2D eigenvalue weighted by molar-refractivity contribution is -0.384. The number of nitro groups is 1. The third kappa shape index (κ3) is 2.65. The van der Waals surface area contributed by atoms with Crippen LogP contribution < -0.4 is 10.5 Å². The van der Waals surface area contributed by atoms with E-state index in [1.165, 1.54) is 12.3 Å². The van der Waals surface area contributed by atoms with Gasteiger partial charge in [0.05, 0.1) is 23.3 Å². The molecule has 2 N–H and O–H groups in total. The fraction of sp³-hybridized carbons (Fsp3) is 0. The molecule has 0 aromatic carbocycles. The average Bonchev–Trinajstić information content (AvgIpc) is 2.29.